The SMILES string of the molecule is COC(=O)c1cccc2[nH]c(CC(F)(F)F)nc12. The van der Waals surface area contributed by atoms with Crippen LogP contribution < -0.4 is 0 Å². The van der Waals surface area contributed by atoms with Crippen molar-refractivity contribution in [3.63, 3.8) is 0 Å². The van der Waals surface area contributed by atoms with E-state index in [0.717, 1.165) is 0 Å². The van der Waals surface area contributed by atoms with Crippen LogP contribution in [-0.2, 0) is 11.2 Å². The predicted octanol–water partition coefficient (Wildman–Crippen LogP) is 2.45. The Kier molecular flexibility index (Phi) is 2.98. The van der Waals surface area contributed by atoms with Crippen molar-refractivity contribution in [2.24, 2.45) is 0 Å². The Morgan fingerprint density at radius 2 is 2.17 bits per heavy atom. The largest absolute Gasteiger partial charge is 0.465 e. The molecule has 0 fully saturated rings. The average molecular weight is 258 g/mol. The second kappa shape index (κ2) is 4.32. The molecule has 1 aromatic heterocycles. The number of ether oxygens (including phenoxy) is 1. The number of rotatable bonds is 2. The van der Waals surface area contributed by atoms with Crippen LogP contribution in [0.3, 0.4) is 0 Å². The van der Waals surface area contributed by atoms with E-state index >= 15 is 0 Å². The number of fused-ring (bicyclic) bond motifs is 1. The zero-order chi connectivity index (χ0) is 13.3. The molecule has 0 atom stereocenters. The monoisotopic (exact) mass is 258 g/mol. The number of hydrogen-bond acceptors (Lipinski definition) is 3. The second-order valence-corrected chi connectivity index (χ2v) is 3.67. The van der Waals surface area contributed by atoms with E-state index in [1.807, 2.05) is 0 Å². The summed E-state index contributed by atoms with van der Waals surface area (Å²) >= 11 is 0. The van der Waals surface area contributed by atoms with E-state index in [1.54, 1.807) is 12.1 Å². The van der Waals surface area contributed by atoms with Gasteiger partial charge in [0.2, 0.25) is 0 Å². The third-order valence-electron chi connectivity index (χ3n) is 2.33. The fourth-order valence-electron chi connectivity index (χ4n) is 1.63. The molecule has 0 radical (unpaired) electrons. The Labute approximate surface area is 99.8 Å². The van der Waals surface area contributed by atoms with Gasteiger partial charge in [-0.25, -0.2) is 9.78 Å². The molecule has 0 saturated heterocycles. The number of esters is 1. The van der Waals surface area contributed by atoms with E-state index in [4.69, 9.17) is 0 Å². The lowest BCUT2D eigenvalue weighted by Crippen LogP contribution is -2.12. The van der Waals surface area contributed by atoms with Crippen molar-refractivity contribution in [3.8, 4) is 0 Å². The van der Waals surface area contributed by atoms with Gasteiger partial charge < -0.3 is 9.72 Å². The Morgan fingerprint density at radius 1 is 1.44 bits per heavy atom. The van der Waals surface area contributed by atoms with Gasteiger partial charge in [0.15, 0.2) is 0 Å². The number of H-pyrrole nitrogens is 1. The van der Waals surface area contributed by atoms with Gasteiger partial charge in [0.25, 0.3) is 0 Å². The van der Waals surface area contributed by atoms with Gasteiger partial charge in [0, 0.05) is 0 Å². The molecule has 4 nitrogen and oxygen atoms in total. The third kappa shape index (κ3) is 2.44. The number of carbonyl (C=O) groups excluding carboxylic acids is 1. The number of methoxy groups -OCH3 is 1. The molecule has 0 bridgehead atoms. The lowest BCUT2D eigenvalue weighted by Gasteiger charge is -2.01. The maximum absolute atomic E-state index is 12.2. The summed E-state index contributed by atoms with van der Waals surface area (Å²) in [6.07, 6.45) is -5.51. The molecule has 0 amide bonds. The quantitative estimate of drug-likeness (QED) is 0.842. The van der Waals surface area contributed by atoms with Gasteiger partial charge in [0.1, 0.15) is 17.8 Å². The van der Waals surface area contributed by atoms with Crippen LogP contribution in [0.4, 0.5) is 13.2 Å². The maximum atomic E-state index is 12.2. The number of imidazole rings is 1. The van der Waals surface area contributed by atoms with Gasteiger partial charge in [-0.15, -0.1) is 0 Å². The average Bonchev–Trinajstić information content (AvgIpc) is 2.66. The topological polar surface area (TPSA) is 55.0 Å². The van der Waals surface area contributed by atoms with Crippen LogP contribution in [0, 0.1) is 0 Å². The first-order valence-electron chi connectivity index (χ1n) is 5.03. The molecule has 0 aliphatic carbocycles. The number of para-hydroxylation sites is 1. The fraction of sp³-hybridized carbons (Fsp3) is 0.273. The minimum Gasteiger partial charge on any atom is -0.465 e. The number of aromatic amines is 1. The molecule has 18 heavy (non-hydrogen) atoms. The van der Waals surface area contributed by atoms with Crippen molar-refractivity contribution < 1.29 is 22.7 Å². The van der Waals surface area contributed by atoms with E-state index < -0.39 is 18.6 Å². The first kappa shape index (κ1) is 12.4. The molecule has 7 heteroatoms. The third-order valence-corrected chi connectivity index (χ3v) is 2.33. The summed E-state index contributed by atoms with van der Waals surface area (Å²) in [5, 5.41) is 0. The molecule has 0 saturated carbocycles. The molecule has 1 heterocycles. The summed E-state index contributed by atoms with van der Waals surface area (Å²) in [6, 6.07) is 4.55. The minimum absolute atomic E-state index is 0.139. The summed E-state index contributed by atoms with van der Waals surface area (Å²) in [6.45, 7) is 0. The van der Waals surface area contributed by atoms with E-state index in [-0.39, 0.29) is 16.9 Å². The molecule has 2 rings (SSSR count). The molecule has 0 aliphatic rings. The van der Waals surface area contributed by atoms with Gasteiger partial charge in [-0.1, -0.05) is 6.07 Å². The summed E-state index contributed by atoms with van der Waals surface area (Å²) in [5.41, 5.74) is 0.695. The highest BCUT2D eigenvalue weighted by molar-refractivity contribution is 6.01. The molecule has 96 valence electrons. The number of aromatic nitrogens is 2. The van der Waals surface area contributed by atoms with Gasteiger partial charge in [-0.3, -0.25) is 0 Å². The number of halogens is 3. The van der Waals surface area contributed by atoms with Gasteiger partial charge >= 0.3 is 12.1 Å². The van der Waals surface area contributed by atoms with Crippen molar-refractivity contribution in [2.75, 3.05) is 7.11 Å². The highest BCUT2D eigenvalue weighted by Crippen LogP contribution is 2.23. The lowest BCUT2D eigenvalue weighted by atomic mass is 10.2. The summed E-state index contributed by atoms with van der Waals surface area (Å²) in [5.74, 6) is -0.862. The van der Waals surface area contributed by atoms with Gasteiger partial charge in [0.05, 0.1) is 18.2 Å². The number of carbonyl (C=O) groups is 1. The number of nitrogens with one attached hydrogen (secondary N) is 1. The number of alkyl halides is 3. The summed E-state index contributed by atoms with van der Waals surface area (Å²) in [4.78, 5) is 17.7. The summed E-state index contributed by atoms with van der Waals surface area (Å²) < 4.78 is 41.3. The van der Waals surface area contributed by atoms with E-state index in [0.29, 0.717) is 5.52 Å². The second-order valence-electron chi connectivity index (χ2n) is 3.67. The zero-order valence-corrected chi connectivity index (χ0v) is 9.34. The lowest BCUT2D eigenvalue weighted by molar-refractivity contribution is -0.128. The van der Waals surface area contributed by atoms with Crippen LogP contribution in [0.1, 0.15) is 16.2 Å². The van der Waals surface area contributed by atoms with E-state index in [1.165, 1.54) is 13.2 Å². The van der Waals surface area contributed by atoms with Crippen molar-refractivity contribution in [2.45, 2.75) is 12.6 Å². The minimum atomic E-state index is -4.35. The molecule has 0 aliphatic heterocycles. The highest BCUT2D eigenvalue weighted by Gasteiger charge is 2.29. The number of hydrogen-bond donors (Lipinski definition) is 1. The first-order chi connectivity index (χ1) is 8.40. The standard InChI is InChI=1S/C11H9F3N2O2/c1-18-10(17)6-3-2-4-7-9(6)16-8(15-7)5-11(12,13)14/h2-4H,5H2,1H3,(H,15,16). The van der Waals surface area contributed by atoms with Crippen LogP contribution >= 0.6 is 0 Å². The molecule has 0 unspecified atom stereocenters. The highest BCUT2D eigenvalue weighted by atomic mass is 19.4. The van der Waals surface area contributed by atoms with Crippen molar-refractivity contribution in [1.82, 2.24) is 9.97 Å². The smallest absolute Gasteiger partial charge is 0.396 e. The van der Waals surface area contributed by atoms with E-state index in [2.05, 4.69) is 14.7 Å². The van der Waals surface area contributed by atoms with E-state index in [9.17, 15) is 18.0 Å². The van der Waals surface area contributed by atoms with Crippen LogP contribution in [-0.4, -0.2) is 29.2 Å². The summed E-state index contributed by atoms with van der Waals surface area (Å²) in [7, 11) is 1.20. The van der Waals surface area contributed by atoms with Crippen LogP contribution in [0.25, 0.3) is 11.0 Å². The fourth-order valence-corrected chi connectivity index (χ4v) is 1.63. The Morgan fingerprint density at radius 3 is 2.78 bits per heavy atom. The molecule has 1 aromatic carbocycles. The van der Waals surface area contributed by atoms with Crippen molar-refractivity contribution in [1.29, 1.82) is 0 Å². The molecule has 2 aromatic rings. The molecule has 0 spiro atoms. The predicted molar refractivity (Wildman–Crippen MR) is 57.2 cm³/mol. The zero-order valence-electron chi connectivity index (χ0n) is 9.34. The Hall–Kier alpha value is -2.05. The normalized spacial score (nSPS) is 11.8. The molecular weight excluding hydrogens is 249 g/mol. The molecular formula is C11H9F3N2O2. The van der Waals surface area contributed by atoms with Crippen molar-refractivity contribution in [3.05, 3.63) is 29.6 Å². The number of nitrogens with zero attached hydrogens (tertiary/aromatic N) is 1. The van der Waals surface area contributed by atoms with Crippen molar-refractivity contribution >= 4 is 17.0 Å². The van der Waals surface area contributed by atoms with Crippen LogP contribution in [0.15, 0.2) is 18.2 Å². The number of benzene rings is 1. The molecule has 1 N–H and O–H groups in total. The maximum Gasteiger partial charge on any atom is 0.396 e. The van der Waals surface area contributed by atoms with Crippen LogP contribution in [0.2, 0.25) is 0 Å². The van der Waals surface area contributed by atoms with Gasteiger partial charge in [-0.2, -0.15) is 13.2 Å². The van der Waals surface area contributed by atoms with Crippen LogP contribution in [0.5, 0.6) is 0 Å². The first-order valence-corrected chi connectivity index (χ1v) is 5.03. The van der Waals surface area contributed by atoms with Gasteiger partial charge in [-0.05, 0) is 12.1 Å². The Balaban J connectivity index is 2.48. The Bertz CT molecular complexity index is 589.